The number of furan rings is 1. The molecular formula is C18H16N2O2S. The van der Waals surface area contributed by atoms with E-state index >= 15 is 0 Å². The van der Waals surface area contributed by atoms with Crippen LogP contribution in [0.4, 0.5) is 0 Å². The fourth-order valence-corrected chi connectivity index (χ4v) is 3.01. The molecule has 0 saturated heterocycles. The van der Waals surface area contributed by atoms with Gasteiger partial charge in [-0.05, 0) is 30.7 Å². The van der Waals surface area contributed by atoms with Crippen LogP contribution in [0.1, 0.15) is 17.0 Å². The van der Waals surface area contributed by atoms with Crippen molar-refractivity contribution in [2.45, 2.75) is 13.5 Å². The molecule has 0 aliphatic carbocycles. The molecule has 0 aliphatic heterocycles. The number of amides is 1. The van der Waals surface area contributed by atoms with Crippen LogP contribution in [0.5, 0.6) is 0 Å². The minimum atomic E-state index is -0.174. The summed E-state index contributed by atoms with van der Waals surface area (Å²) in [4.78, 5) is 16.4. The van der Waals surface area contributed by atoms with Crippen molar-refractivity contribution in [1.29, 1.82) is 0 Å². The van der Waals surface area contributed by atoms with E-state index in [2.05, 4.69) is 29.4 Å². The Morgan fingerprint density at radius 2 is 2.17 bits per heavy atom. The number of benzene rings is 1. The number of hydrogen-bond donors (Lipinski definition) is 1. The highest BCUT2D eigenvalue weighted by molar-refractivity contribution is 7.13. The highest BCUT2D eigenvalue weighted by atomic mass is 32.1. The Hall–Kier alpha value is -2.66. The number of rotatable bonds is 5. The van der Waals surface area contributed by atoms with E-state index < -0.39 is 0 Å². The van der Waals surface area contributed by atoms with Gasteiger partial charge < -0.3 is 9.73 Å². The van der Waals surface area contributed by atoms with E-state index in [1.807, 2.05) is 17.5 Å². The number of thiazole rings is 1. The third-order valence-corrected chi connectivity index (χ3v) is 4.24. The molecule has 1 N–H and O–H groups in total. The Labute approximate surface area is 138 Å². The van der Waals surface area contributed by atoms with Gasteiger partial charge in [0.1, 0.15) is 10.8 Å². The summed E-state index contributed by atoms with van der Waals surface area (Å²) in [6.45, 7) is 2.47. The van der Waals surface area contributed by atoms with Crippen LogP contribution in [0.15, 0.2) is 58.5 Å². The van der Waals surface area contributed by atoms with Crippen molar-refractivity contribution < 1.29 is 9.21 Å². The first-order chi connectivity index (χ1) is 11.2. The van der Waals surface area contributed by atoms with Crippen LogP contribution in [-0.4, -0.2) is 10.9 Å². The summed E-state index contributed by atoms with van der Waals surface area (Å²) in [5.74, 6) is 0.475. The fraction of sp³-hybridized carbons (Fsp3) is 0.111. The Balaban J connectivity index is 1.59. The molecule has 1 aromatic carbocycles. The van der Waals surface area contributed by atoms with Crippen LogP contribution >= 0.6 is 11.3 Å². The average molecular weight is 324 g/mol. The molecule has 5 heteroatoms. The first-order valence-electron chi connectivity index (χ1n) is 7.22. The van der Waals surface area contributed by atoms with E-state index in [1.54, 1.807) is 35.8 Å². The molecule has 0 unspecified atom stereocenters. The monoisotopic (exact) mass is 324 g/mol. The van der Waals surface area contributed by atoms with E-state index in [0.29, 0.717) is 12.3 Å². The number of carbonyl (C=O) groups is 1. The third kappa shape index (κ3) is 3.96. The molecule has 0 bridgehead atoms. The van der Waals surface area contributed by atoms with Gasteiger partial charge in [-0.3, -0.25) is 4.79 Å². The quantitative estimate of drug-likeness (QED) is 0.721. The van der Waals surface area contributed by atoms with Gasteiger partial charge in [0.15, 0.2) is 0 Å². The summed E-state index contributed by atoms with van der Waals surface area (Å²) < 4.78 is 5.13. The lowest BCUT2D eigenvalue weighted by molar-refractivity contribution is -0.116. The predicted molar refractivity (Wildman–Crippen MR) is 91.9 cm³/mol. The minimum Gasteiger partial charge on any atom is -0.465 e. The first-order valence-corrected chi connectivity index (χ1v) is 8.10. The lowest BCUT2D eigenvalue weighted by Gasteiger charge is -2.01. The fourth-order valence-electron chi connectivity index (χ4n) is 2.11. The highest BCUT2D eigenvalue weighted by Gasteiger charge is 2.07. The second-order valence-corrected chi connectivity index (χ2v) is 5.88. The molecule has 0 aliphatic rings. The minimum absolute atomic E-state index is 0.174. The van der Waals surface area contributed by atoms with Gasteiger partial charge in [-0.25, -0.2) is 4.98 Å². The summed E-state index contributed by atoms with van der Waals surface area (Å²) >= 11 is 1.58. The predicted octanol–water partition coefficient (Wildman–Crippen LogP) is 4.04. The van der Waals surface area contributed by atoms with Gasteiger partial charge in [-0.15, -0.1) is 11.3 Å². The van der Waals surface area contributed by atoms with Crippen molar-refractivity contribution in [3.8, 4) is 10.6 Å². The molecular weight excluding hydrogens is 308 g/mol. The second kappa shape index (κ2) is 7.07. The number of nitrogens with zero attached hydrogens (tertiary/aromatic N) is 1. The number of hydrogen-bond acceptors (Lipinski definition) is 4. The Morgan fingerprint density at radius 3 is 2.96 bits per heavy atom. The molecule has 1 amide bonds. The number of nitrogens with one attached hydrogen (secondary N) is 1. The lowest BCUT2D eigenvalue weighted by atomic mass is 10.1. The first kappa shape index (κ1) is 15.2. The maximum atomic E-state index is 11.8. The van der Waals surface area contributed by atoms with Crippen LogP contribution in [-0.2, 0) is 11.3 Å². The molecule has 3 rings (SSSR count). The van der Waals surface area contributed by atoms with Crippen LogP contribution in [0.25, 0.3) is 16.6 Å². The summed E-state index contributed by atoms with van der Waals surface area (Å²) in [6, 6.07) is 11.7. The number of aryl methyl sites for hydroxylation is 1. The van der Waals surface area contributed by atoms with Crippen molar-refractivity contribution in [1.82, 2.24) is 10.3 Å². The molecule has 2 heterocycles. The number of carbonyl (C=O) groups excluding carboxylic acids is 1. The Morgan fingerprint density at radius 1 is 1.30 bits per heavy atom. The van der Waals surface area contributed by atoms with E-state index in [-0.39, 0.29) is 5.91 Å². The van der Waals surface area contributed by atoms with Gasteiger partial charge in [-0.1, -0.05) is 24.3 Å². The summed E-state index contributed by atoms with van der Waals surface area (Å²) in [5, 5.41) is 5.76. The molecule has 0 atom stereocenters. The molecule has 0 spiro atoms. The molecule has 0 fully saturated rings. The zero-order valence-electron chi connectivity index (χ0n) is 12.7. The largest absolute Gasteiger partial charge is 0.465 e. The van der Waals surface area contributed by atoms with Gasteiger partial charge >= 0.3 is 0 Å². The summed E-state index contributed by atoms with van der Waals surface area (Å²) in [5.41, 5.74) is 3.18. The van der Waals surface area contributed by atoms with E-state index in [4.69, 9.17) is 4.42 Å². The zero-order valence-corrected chi connectivity index (χ0v) is 13.5. The van der Waals surface area contributed by atoms with Gasteiger partial charge in [0, 0.05) is 17.0 Å². The highest BCUT2D eigenvalue weighted by Crippen LogP contribution is 2.26. The Kier molecular flexibility index (Phi) is 4.68. The Bertz CT molecular complexity index is 819. The van der Waals surface area contributed by atoms with Gasteiger partial charge in [0.25, 0.3) is 0 Å². The van der Waals surface area contributed by atoms with Gasteiger partial charge in [-0.2, -0.15) is 0 Å². The van der Waals surface area contributed by atoms with E-state index in [9.17, 15) is 4.79 Å². The number of aromatic nitrogens is 1. The van der Waals surface area contributed by atoms with Gasteiger partial charge in [0.05, 0.1) is 18.5 Å². The smallest absolute Gasteiger partial charge is 0.244 e. The van der Waals surface area contributed by atoms with Crippen LogP contribution < -0.4 is 5.32 Å². The molecule has 0 radical (unpaired) electrons. The maximum Gasteiger partial charge on any atom is 0.244 e. The van der Waals surface area contributed by atoms with E-state index in [0.717, 1.165) is 16.3 Å². The maximum absolute atomic E-state index is 11.8. The molecule has 0 saturated carbocycles. The standard InChI is InChI=1S/C18H16N2O2S/c1-13-5-2-3-7-16(13)18-20-14(12-23-18)11-19-17(21)9-8-15-6-4-10-22-15/h2-10,12H,11H2,1H3,(H,19,21)/b9-8+. The van der Waals surface area contributed by atoms with Gasteiger partial charge in [0.2, 0.25) is 5.91 Å². The van der Waals surface area contributed by atoms with E-state index in [1.165, 1.54) is 11.6 Å². The third-order valence-electron chi connectivity index (χ3n) is 3.31. The normalized spacial score (nSPS) is 11.0. The van der Waals surface area contributed by atoms with Crippen molar-refractivity contribution in [2.24, 2.45) is 0 Å². The average Bonchev–Trinajstić information content (AvgIpc) is 3.23. The lowest BCUT2D eigenvalue weighted by Crippen LogP contribution is -2.20. The topological polar surface area (TPSA) is 55.1 Å². The van der Waals surface area contributed by atoms with Crippen molar-refractivity contribution in [2.75, 3.05) is 0 Å². The van der Waals surface area contributed by atoms with Crippen LogP contribution in [0.3, 0.4) is 0 Å². The SMILES string of the molecule is Cc1ccccc1-c1nc(CNC(=O)/C=C/c2ccco2)cs1. The van der Waals surface area contributed by atoms with Crippen LogP contribution in [0.2, 0.25) is 0 Å². The van der Waals surface area contributed by atoms with Crippen molar-refractivity contribution >= 4 is 23.3 Å². The summed E-state index contributed by atoms with van der Waals surface area (Å²) in [7, 11) is 0. The molecule has 2 aromatic heterocycles. The van der Waals surface area contributed by atoms with Crippen LogP contribution in [0, 0.1) is 6.92 Å². The van der Waals surface area contributed by atoms with Crippen molar-refractivity contribution in [3.05, 3.63) is 71.1 Å². The molecule has 4 nitrogen and oxygen atoms in total. The second-order valence-electron chi connectivity index (χ2n) is 5.03. The summed E-state index contributed by atoms with van der Waals surface area (Å²) in [6.07, 6.45) is 4.66. The van der Waals surface area contributed by atoms with Crippen molar-refractivity contribution in [3.63, 3.8) is 0 Å². The molecule has 3 aromatic rings. The molecule has 23 heavy (non-hydrogen) atoms. The zero-order chi connectivity index (χ0) is 16.1. The molecule has 116 valence electrons.